The molecule has 7 aliphatic rings. The molecule has 0 aliphatic carbocycles. The van der Waals surface area contributed by atoms with Gasteiger partial charge in [-0.3, -0.25) is 9.59 Å². The van der Waals surface area contributed by atoms with Crippen LogP contribution >= 0.6 is 34.8 Å². The average molecular weight is 1650 g/mol. The zero-order chi connectivity index (χ0) is 81.9. The van der Waals surface area contributed by atoms with Crippen molar-refractivity contribution in [2.75, 3.05) is 26.9 Å². The van der Waals surface area contributed by atoms with Gasteiger partial charge in [-0.15, -0.1) is 0 Å². The molecule has 628 valence electrons. The molecule has 31 atom stereocenters. The molecular weight excluding hydrogens is 1540 g/mol. The van der Waals surface area contributed by atoms with Crippen molar-refractivity contribution in [1.29, 1.82) is 0 Å². The van der Waals surface area contributed by atoms with Crippen molar-refractivity contribution in [3.63, 3.8) is 0 Å². The first kappa shape index (κ1) is 89.2. The SMILES string of the molecule is CCC1O[C@@H](O[C@@H]2C(CC)O[C@H](F)C(O[C@@H]3OC(CC)[C@@H](O[C@@H]4OC(COCc5ccccc5)[C@H](C)[C@H](C)C4OC(=O)c4ccccc4)[C@H](C)C3NC(=O)OCC(Cl)(Cl)Cl)[C@H]2C)C(C)[C@@H](C)[C@@H]1O[C@@H]1OC(CO[C@]2(C(=O)OC)C[C@H]3OC(=O)N[C@H]3C([C@H](OC(C)=O)[C@@H](CC)OC(C)=O)O2)[C@H](C)[C@H](C)C1OC(=O)c1ccccc1. The second-order valence-corrected chi connectivity index (χ2v) is 33.1. The molecule has 0 aromatic heterocycles. The first-order chi connectivity index (χ1) is 53.8. The van der Waals surface area contributed by atoms with Crippen LogP contribution in [0.2, 0.25) is 0 Å². The normalized spacial score (nSPS) is 37.0. The number of benzene rings is 3. The number of carbonyl (C=O) groups is 7. The zero-order valence-corrected chi connectivity index (χ0v) is 68.7. The van der Waals surface area contributed by atoms with Crippen LogP contribution in [0, 0.1) is 47.3 Å². The smallest absolute Gasteiger partial charge is 0.407 e. The van der Waals surface area contributed by atoms with E-state index in [1.165, 1.54) is 6.92 Å². The number of hydrogen-bond acceptors (Lipinski definition) is 26. The van der Waals surface area contributed by atoms with Crippen molar-refractivity contribution < 1.29 is 128 Å². The molecule has 0 bridgehead atoms. The highest BCUT2D eigenvalue weighted by Gasteiger charge is 2.63. The first-order valence-electron chi connectivity index (χ1n) is 39.2. The van der Waals surface area contributed by atoms with Crippen LogP contribution in [0.4, 0.5) is 14.0 Å². The Hall–Kier alpha value is -6.13. The lowest BCUT2D eigenvalue weighted by Gasteiger charge is -2.52. The van der Waals surface area contributed by atoms with Crippen LogP contribution in [-0.4, -0.2) is 214 Å². The predicted octanol–water partition coefficient (Wildman–Crippen LogP) is 12.0. The van der Waals surface area contributed by atoms with Gasteiger partial charge in [0.2, 0.25) is 10.2 Å². The number of alkyl halides is 4. The van der Waals surface area contributed by atoms with Gasteiger partial charge in [-0.05, 0) is 73.3 Å². The largest absolute Gasteiger partial charge is 0.465 e. The van der Waals surface area contributed by atoms with Crippen LogP contribution in [0.25, 0.3) is 0 Å². The van der Waals surface area contributed by atoms with E-state index in [0.717, 1.165) is 19.6 Å². The summed E-state index contributed by atoms with van der Waals surface area (Å²) in [5.74, 6) is -10.2. The number of alkyl carbamates (subject to hydrolysis) is 2. The summed E-state index contributed by atoms with van der Waals surface area (Å²) in [4.78, 5) is 94.7. The van der Waals surface area contributed by atoms with Crippen molar-refractivity contribution in [2.24, 2.45) is 47.3 Å². The Morgan fingerprint density at radius 2 is 1.05 bits per heavy atom. The summed E-state index contributed by atoms with van der Waals surface area (Å²) in [6.07, 6.45) is -23.3. The standard InChI is InChI=1S/C81H110Cl3FN2O26/c1-16-53-64(47(12)65(70(85)101-53)112-74-60(86-78(93)97-39-81(82,83)84)46(11)63(55(18-3)103-74)111-75-66(107-71(90)51-31-25-21-26-32-51)42(7)40(5)58(104-75)37-96-36-50-29-23-20-24-30-50)109-73-45(10)44(9)62(54(17-2)102-73)110-76-67(108-72(91)52-33-27-22-28-34-52)43(8)41(6)59(105-76)38-98-80(77(92)95-15)35-57-61(87-79(94)106-57)69(113-80)68(100-49(14)89)56(19-4)99-48(13)88/h20-34,40-47,53-70,73-76H,16-19,35-39H2,1-15H3,(H,86,93)(H,87,94)/t40-,41-,42+,43+,44-,45?,46-,47+,53?,54?,55?,56-,57-,58?,59?,60?,61-,62+,63+,64+,65?,66?,67?,68-,69?,70+,73+,74+,75+,76+,80-/m1/s1. The lowest BCUT2D eigenvalue weighted by Crippen LogP contribution is -2.66. The lowest BCUT2D eigenvalue weighted by atomic mass is 9.82. The fourth-order valence-corrected chi connectivity index (χ4v) is 16.3. The molecule has 113 heavy (non-hydrogen) atoms. The van der Waals surface area contributed by atoms with Gasteiger partial charge < -0.3 is 101 Å². The first-order valence-corrected chi connectivity index (χ1v) is 40.3. The minimum absolute atomic E-state index is 0.119. The van der Waals surface area contributed by atoms with Crippen molar-refractivity contribution in [3.8, 4) is 0 Å². The van der Waals surface area contributed by atoms with Gasteiger partial charge in [-0.25, -0.2) is 28.4 Å². The number of methoxy groups -OCH3 is 1. The summed E-state index contributed by atoms with van der Waals surface area (Å²) in [5, 5.41) is 5.54. The van der Waals surface area contributed by atoms with E-state index in [9.17, 15) is 33.6 Å². The molecule has 0 radical (unpaired) electrons. The highest BCUT2D eigenvalue weighted by atomic mass is 35.6. The van der Waals surface area contributed by atoms with Crippen molar-refractivity contribution >= 4 is 76.8 Å². The Labute approximate surface area is 674 Å². The van der Waals surface area contributed by atoms with E-state index < -0.39 is 242 Å². The maximum Gasteiger partial charge on any atom is 0.407 e. The minimum atomic E-state index is -2.36. The minimum Gasteiger partial charge on any atom is -0.465 e. The maximum atomic E-state index is 17.3. The molecule has 7 saturated heterocycles. The van der Waals surface area contributed by atoms with Crippen molar-refractivity contribution in [3.05, 3.63) is 108 Å². The molecule has 32 heteroatoms. The van der Waals surface area contributed by atoms with E-state index in [1.54, 1.807) is 81.4 Å². The van der Waals surface area contributed by atoms with E-state index in [2.05, 4.69) is 10.6 Å². The van der Waals surface area contributed by atoms with Gasteiger partial charge in [0.25, 0.3) is 5.79 Å². The Morgan fingerprint density at radius 3 is 1.58 bits per heavy atom. The second-order valence-electron chi connectivity index (χ2n) is 30.6. The van der Waals surface area contributed by atoms with E-state index in [4.69, 9.17) is 125 Å². The van der Waals surface area contributed by atoms with Gasteiger partial charge in [0.15, 0.2) is 43.5 Å². The van der Waals surface area contributed by atoms with Gasteiger partial charge in [-0.2, -0.15) is 0 Å². The highest BCUT2D eigenvalue weighted by Crippen LogP contribution is 2.47. The Bertz CT molecular complexity index is 3620. The quantitative estimate of drug-likeness (QED) is 0.0356. The number of halogens is 4. The molecule has 28 nitrogen and oxygen atoms in total. The fourth-order valence-electron chi connectivity index (χ4n) is 16.1. The Morgan fingerprint density at radius 1 is 0.575 bits per heavy atom. The van der Waals surface area contributed by atoms with Crippen LogP contribution in [0.1, 0.15) is 155 Å². The van der Waals surface area contributed by atoms with Crippen LogP contribution in [0.3, 0.4) is 0 Å². The molecule has 11 unspecified atom stereocenters. The number of fused-ring (bicyclic) bond motifs is 1. The molecule has 3 aromatic rings. The van der Waals surface area contributed by atoms with Crippen LogP contribution in [0.5, 0.6) is 0 Å². The summed E-state index contributed by atoms with van der Waals surface area (Å²) in [6, 6.07) is 24.5. The summed E-state index contributed by atoms with van der Waals surface area (Å²) in [6.45, 7) is 24.2. The number of ether oxygens (including phenoxy) is 19. The van der Waals surface area contributed by atoms with E-state index in [0.29, 0.717) is 31.4 Å². The molecule has 2 amide bonds. The number of amides is 2. The number of hydrogen-bond donors (Lipinski definition) is 2. The predicted molar refractivity (Wildman–Crippen MR) is 403 cm³/mol. The number of rotatable bonds is 30. The summed E-state index contributed by atoms with van der Waals surface area (Å²) in [5.41, 5.74) is 1.55. The molecule has 10 rings (SSSR count). The topological polar surface area (TPSA) is 319 Å². The molecular formula is C81H110Cl3FN2O26. The van der Waals surface area contributed by atoms with E-state index >= 15 is 4.39 Å². The van der Waals surface area contributed by atoms with Crippen LogP contribution in [-0.2, 0) is 111 Å². The third-order valence-electron chi connectivity index (χ3n) is 23.2. The third kappa shape index (κ3) is 21.6. The van der Waals surface area contributed by atoms with Gasteiger partial charge in [0, 0.05) is 43.4 Å². The molecule has 3 aromatic carbocycles. The molecule has 7 aliphatic heterocycles. The highest BCUT2D eigenvalue weighted by molar-refractivity contribution is 6.67. The summed E-state index contributed by atoms with van der Waals surface area (Å²) in [7, 11) is 1.12. The maximum absolute atomic E-state index is 17.3. The molecule has 0 saturated carbocycles. The average Bonchev–Trinajstić information content (AvgIpc) is 1.69. The zero-order valence-electron chi connectivity index (χ0n) is 66.5. The van der Waals surface area contributed by atoms with Gasteiger partial charge >= 0.3 is 42.0 Å². The van der Waals surface area contributed by atoms with Crippen LogP contribution in [0.15, 0.2) is 91.0 Å². The second kappa shape index (κ2) is 39.9. The molecule has 2 N–H and O–H groups in total. The van der Waals surface area contributed by atoms with E-state index in [-0.39, 0.29) is 30.4 Å². The third-order valence-corrected chi connectivity index (χ3v) is 23.5. The number of esters is 5. The monoisotopic (exact) mass is 1650 g/mol. The van der Waals surface area contributed by atoms with Gasteiger partial charge in [0.1, 0.15) is 31.0 Å². The Kier molecular flexibility index (Phi) is 31.5. The summed E-state index contributed by atoms with van der Waals surface area (Å²) >= 11 is 18.2. The van der Waals surface area contributed by atoms with Crippen molar-refractivity contribution in [1.82, 2.24) is 10.6 Å². The molecule has 7 fully saturated rings. The van der Waals surface area contributed by atoms with Gasteiger partial charge in [0.05, 0.1) is 105 Å². The fraction of sp³-hybridized carbons (Fsp3) is 0.691. The number of nitrogens with one attached hydrogen (secondary N) is 2. The molecule has 0 spiro atoms. The van der Waals surface area contributed by atoms with E-state index in [1.807, 2.05) is 92.6 Å². The number of carbonyl (C=O) groups excluding carboxylic acids is 7. The summed E-state index contributed by atoms with van der Waals surface area (Å²) < 4.78 is 137. The van der Waals surface area contributed by atoms with Gasteiger partial charge in [-0.1, -0.05) is 185 Å². The van der Waals surface area contributed by atoms with Crippen LogP contribution < -0.4 is 10.6 Å². The molecule has 7 heterocycles. The lowest BCUT2D eigenvalue weighted by molar-refractivity contribution is -0.367. The Balaban J connectivity index is 0.884. The van der Waals surface area contributed by atoms with Crippen molar-refractivity contribution in [2.45, 2.75) is 280 Å².